The highest BCUT2D eigenvalue weighted by Gasteiger charge is 2.47. The van der Waals surface area contributed by atoms with Crippen LogP contribution in [0.15, 0.2) is 0 Å². The lowest BCUT2D eigenvalue weighted by Gasteiger charge is -2.44. The van der Waals surface area contributed by atoms with Gasteiger partial charge in [-0.15, -0.1) is 0 Å². The number of hydrogen-bond donors (Lipinski definition) is 0. The molecule has 2 nitrogen and oxygen atoms in total. The van der Waals surface area contributed by atoms with E-state index < -0.39 is 18.3 Å². The summed E-state index contributed by atoms with van der Waals surface area (Å²) in [5.41, 5.74) is -0.609. The Morgan fingerprint density at radius 3 is 1.95 bits per heavy atom. The summed E-state index contributed by atoms with van der Waals surface area (Å²) in [6, 6.07) is 3.19. The molecule has 0 saturated carbocycles. The van der Waals surface area contributed by atoms with Gasteiger partial charge in [0.15, 0.2) is 13.4 Å². The second-order valence-corrected chi connectivity index (χ2v) is 13.1. The van der Waals surface area contributed by atoms with E-state index in [-0.39, 0.29) is 5.12 Å². The van der Waals surface area contributed by atoms with Crippen LogP contribution in [0.2, 0.25) is 18.1 Å². The predicted molar refractivity (Wildman–Crippen MR) is 94.6 cm³/mol. The number of hydrogen-bond acceptors (Lipinski definition) is 3. The van der Waals surface area contributed by atoms with Crippen LogP contribution in [-0.4, -0.2) is 29.1 Å². The molecule has 20 heavy (non-hydrogen) atoms. The highest BCUT2D eigenvalue weighted by atomic mass is 35.5. The summed E-state index contributed by atoms with van der Waals surface area (Å²) >= 11 is 14.3. The summed E-state index contributed by atoms with van der Waals surface area (Å²) in [6.07, 6.45) is 0.537. The van der Waals surface area contributed by atoms with Gasteiger partial charge in [-0.3, -0.25) is 4.79 Å². The maximum atomic E-state index is 11.0. The molecule has 0 aromatic rings. The molecule has 0 aliphatic carbocycles. The quantitative estimate of drug-likeness (QED) is 0.394. The third-order valence-corrected chi connectivity index (χ3v) is 10.9. The van der Waals surface area contributed by atoms with Crippen LogP contribution in [-0.2, 0) is 9.22 Å². The SMILES string of the molecule is CC[Si](CC)(CC)OC(C)(C)C(Cl)(Cl)CCSC(C)=O. The lowest BCUT2D eigenvalue weighted by molar-refractivity contribution is -0.109. The fourth-order valence-electron chi connectivity index (χ4n) is 2.21. The molecular formula is C14H28Cl2O2SSi. The molecule has 0 unspecified atom stereocenters. The Hall–Kier alpha value is 0.777. The largest absolute Gasteiger partial charge is 0.409 e. The zero-order chi connectivity index (χ0) is 16.0. The molecule has 0 bridgehead atoms. The molecule has 0 radical (unpaired) electrons. The topological polar surface area (TPSA) is 26.3 Å². The second kappa shape index (κ2) is 8.42. The highest BCUT2D eigenvalue weighted by Crippen LogP contribution is 2.43. The van der Waals surface area contributed by atoms with Crippen LogP contribution in [0.5, 0.6) is 0 Å². The molecule has 6 heteroatoms. The Kier molecular flexibility index (Phi) is 8.75. The first-order valence-corrected chi connectivity index (χ1v) is 11.5. The van der Waals surface area contributed by atoms with E-state index in [2.05, 4.69) is 20.8 Å². The standard InChI is InChI=1S/C14H28Cl2O2SSi/c1-7-20(8-2,9-3)18-13(5,6)14(15,16)10-11-19-12(4)17/h7-11H2,1-6H3. The van der Waals surface area contributed by atoms with E-state index in [0.717, 1.165) is 18.1 Å². The van der Waals surface area contributed by atoms with Crippen molar-refractivity contribution in [2.75, 3.05) is 5.75 Å². The summed E-state index contributed by atoms with van der Waals surface area (Å²) in [5, 5.41) is 0.0901. The molecule has 0 aromatic carbocycles. The number of halogens is 2. The Labute approximate surface area is 139 Å². The van der Waals surface area contributed by atoms with Crippen molar-refractivity contribution in [3.8, 4) is 0 Å². The van der Waals surface area contributed by atoms with Crippen molar-refractivity contribution in [1.29, 1.82) is 0 Å². The fraction of sp³-hybridized carbons (Fsp3) is 0.929. The molecule has 0 heterocycles. The molecule has 0 N–H and O–H groups in total. The maximum absolute atomic E-state index is 11.0. The van der Waals surface area contributed by atoms with Gasteiger partial charge in [0.25, 0.3) is 0 Å². The van der Waals surface area contributed by atoms with Gasteiger partial charge >= 0.3 is 0 Å². The van der Waals surface area contributed by atoms with Gasteiger partial charge in [-0.25, -0.2) is 0 Å². The first-order valence-electron chi connectivity index (χ1n) is 7.27. The Bertz CT molecular complexity index is 310. The Morgan fingerprint density at radius 2 is 1.60 bits per heavy atom. The van der Waals surface area contributed by atoms with Gasteiger partial charge in [0.2, 0.25) is 0 Å². The molecule has 0 aliphatic heterocycles. The van der Waals surface area contributed by atoms with E-state index in [9.17, 15) is 4.79 Å². The van der Waals surface area contributed by atoms with Gasteiger partial charge < -0.3 is 4.43 Å². The van der Waals surface area contributed by atoms with Gasteiger partial charge in [0.05, 0.1) is 5.60 Å². The van der Waals surface area contributed by atoms with E-state index in [1.165, 1.54) is 11.8 Å². The molecule has 0 spiro atoms. The van der Waals surface area contributed by atoms with Crippen molar-refractivity contribution in [3.05, 3.63) is 0 Å². The number of thioether (sulfide) groups is 1. The lowest BCUT2D eigenvalue weighted by Crippen LogP contribution is -2.52. The van der Waals surface area contributed by atoms with Gasteiger partial charge in [-0.05, 0) is 38.4 Å². The van der Waals surface area contributed by atoms with Crippen molar-refractivity contribution in [1.82, 2.24) is 0 Å². The fourth-order valence-corrected chi connectivity index (χ4v) is 6.71. The first kappa shape index (κ1) is 20.8. The normalized spacial score (nSPS) is 13.6. The van der Waals surface area contributed by atoms with Crippen LogP contribution >= 0.6 is 35.0 Å². The van der Waals surface area contributed by atoms with Crippen LogP contribution in [0.25, 0.3) is 0 Å². The van der Waals surface area contributed by atoms with Crippen LogP contribution < -0.4 is 0 Å². The Morgan fingerprint density at radius 1 is 1.15 bits per heavy atom. The first-order chi connectivity index (χ1) is 9.06. The average molecular weight is 359 g/mol. The minimum absolute atomic E-state index is 0.0901. The van der Waals surface area contributed by atoms with Crippen molar-refractivity contribution in [2.24, 2.45) is 0 Å². The monoisotopic (exact) mass is 358 g/mol. The molecule has 0 fully saturated rings. The number of rotatable bonds is 9. The van der Waals surface area contributed by atoms with E-state index in [1.807, 2.05) is 13.8 Å². The lowest BCUT2D eigenvalue weighted by atomic mass is 10.0. The average Bonchev–Trinajstić information content (AvgIpc) is 2.35. The number of carbonyl (C=O) groups is 1. The van der Waals surface area contributed by atoms with Gasteiger partial charge in [0, 0.05) is 12.7 Å². The summed E-state index contributed by atoms with van der Waals surface area (Å²) in [6.45, 7) is 12.0. The highest BCUT2D eigenvalue weighted by molar-refractivity contribution is 8.13. The summed E-state index contributed by atoms with van der Waals surface area (Å²) in [5.74, 6) is 0.619. The molecular weight excluding hydrogens is 331 g/mol. The van der Waals surface area contributed by atoms with E-state index in [4.69, 9.17) is 27.6 Å². The van der Waals surface area contributed by atoms with Crippen LogP contribution in [0, 0.1) is 0 Å². The number of alkyl halides is 2. The predicted octanol–water partition coefficient (Wildman–Crippen LogP) is 5.63. The summed E-state index contributed by atoms with van der Waals surface area (Å²) < 4.78 is 5.50. The zero-order valence-corrected chi connectivity index (χ0v) is 16.8. The molecule has 0 amide bonds. The molecule has 0 atom stereocenters. The maximum Gasteiger partial charge on any atom is 0.192 e. The van der Waals surface area contributed by atoms with Gasteiger partial charge in [0.1, 0.15) is 4.33 Å². The molecule has 0 saturated heterocycles. The van der Waals surface area contributed by atoms with E-state index in [1.54, 1.807) is 6.92 Å². The second-order valence-electron chi connectivity index (χ2n) is 5.65. The van der Waals surface area contributed by atoms with Crippen molar-refractivity contribution in [3.63, 3.8) is 0 Å². The third kappa shape index (κ3) is 5.88. The van der Waals surface area contributed by atoms with E-state index in [0.29, 0.717) is 12.2 Å². The van der Waals surface area contributed by atoms with Gasteiger partial charge in [-0.1, -0.05) is 55.7 Å². The van der Waals surface area contributed by atoms with Crippen molar-refractivity contribution < 1.29 is 9.22 Å². The minimum Gasteiger partial charge on any atom is -0.409 e. The minimum atomic E-state index is -1.77. The van der Waals surface area contributed by atoms with Crippen LogP contribution in [0.3, 0.4) is 0 Å². The van der Waals surface area contributed by atoms with E-state index >= 15 is 0 Å². The van der Waals surface area contributed by atoms with Crippen molar-refractivity contribution in [2.45, 2.75) is 76.0 Å². The Balaban J connectivity index is 4.85. The summed E-state index contributed by atoms with van der Waals surface area (Å²) in [7, 11) is -1.77. The smallest absolute Gasteiger partial charge is 0.192 e. The summed E-state index contributed by atoms with van der Waals surface area (Å²) in [4.78, 5) is 11.0. The van der Waals surface area contributed by atoms with Crippen LogP contribution in [0.1, 0.15) is 48.0 Å². The number of carbonyl (C=O) groups excluding carboxylic acids is 1. The van der Waals surface area contributed by atoms with Crippen LogP contribution in [0.4, 0.5) is 0 Å². The molecule has 0 rings (SSSR count). The van der Waals surface area contributed by atoms with Crippen molar-refractivity contribution >= 4 is 48.4 Å². The van der Waals surface area contributed by atoms with Gasteiger partial charge in [-0.2, -0.15) is 0 Å². The molecule has 120 valence electrons. The third-order valence-electron chi connectivity index (χ3n) is 4.01. The molecule has 0 aromatic heterocycles. The zero-order valence-electron chi connectivity index (χ0n) is 13.5. The molecule has 0 aliphatic rings.